The van der Waals surface area contributed by atoms with Gasteiger partial charge in [-0.3, -0.25) is 9.36 Å². The Morgan fingerprint density at radius 1 is 1.09 bits per heavy atom. The molecule has 3 aromatic heterocycles. The molecule has 0 spiro atoms. The molecular weight excluding hydrogens is 468 g/mol. The summed E-state index contributed by atoms with van der Waals surface area (Å²) in [5, 5.41) is 7.39. The molecule has 0 saturated carbocycles. The van der Waals surface area contributed by atoms with Crippen molar-refractivity contribution in [3.05, 3.63) is 95.5 Å². The second kappa shape index (κ2) is 9.40. The van der Waals surface area contributed by atoms with Crippen molar-refractivity contribution in [2.24, 2.45) is 0 Å². The van der Waals surface area contributed by atoms with Gasteiger partial charge < -0.3 is 14.6 Å². The summed E-state index contributed by atoms with van der Waals surface area (Å²) >= 11 is 6.30. The third kappa shape index (κ3) is 4.75. The molecular formula is C25H19ClN6O3. The number of amides is 1. The van der Waals surface area contributed by atoms with E-state index in [4.69, 9.17) is 20.9 Å². The number of carbonyl (C=O) groups is 1. The molecule has 0 atom stereocenters. The normalized spacial score (nSPS) is 10.8. The number of hydrogen-bond donors (Lipinski definition) is 1. The number of nitrogens with one attached hydrogen (secondary N) is 1. The van der Waals surface area contributed by atoms with Gasteiger partial charge in [-0.25, -0.2) is 9.97 Å². The summed E-state index contributed by atoms with van der Waals surface area (Å²) in [5.74, 6) is 2.19. The van der Waals surface area contributed by atoms with Crippen LogP contribution in [0.4, 0.5) is 5.69 Å². The molecule has 0 aliphatic rings. The Hall–Kier alpha value is -4.50. The van der Waals surface area contributed by atoms with E-state index < -0.39 is 0 Å². The van der Waals surface area contributed by atoms with Gasteiger partial charge in [-0.05, 0) is 44.2 Å². The Morgan fingerprint density at radius 3 is 2.63 bits per heavy atom. The molecule has 0 radical (unpaired) electrons. The third-order valence-electron chi connectivity index (χ3n) is 5.12. The van der Waals surface area contributed by atoms with Gasteiger partial charge in [0.25, 0.3) is 5.91 Å². The van der Waals surface area contributed by atoms with Gasteiger partial charge in [-0.15, -0.1) is 0 Å². The molecule has 0 fully saturated rings. The van der Waals surface area contributed by atoms with Gasteiger partial charge in [0.2, 0.25) is 5.88 Å². The number of imidazole rings is 1. The standard InChI is InChI=1S/C25H19ClN6O3/c1-15-23(24(31-35-15)19-5-3-4-6-20(19)26)25(33)30-17-7-9-18(10-8-17)34-22-13-21(28-16(2)29-22)32-12-11-27-14-32/h3-14H,1-2H3,(H,30,33). The molecule has 0 aliphatic carbocycles. The van der Waals surface area contributed by atoms with Crippen molar-refractivity contribution in [3.63, 3.8) is 0 Å². The molecule has 174 valence electrons. The van der Waals surface area contributed by atoms with Crippen LogP contribution in [0.3, 0.4) is 0 Å². The zero-order valence-electron chi connectivity index (χ0n) is 18.8. The molecule has 3 heterocycles. The highest BCUT2D eigenvalue weighted by atomic mass is 35.5. The molecule has 0 saturated heterocycles. The lowest BCUT2D eigenvalue weighted by molar-refractivity contribution is 0.102. The molecule has 35 heavy (non-hydrogen) atoms. The first-order valence-corrected chi connectivity index (χ1v) is 11.0. The first kappa shape index (κ1) is 22.3. The zero-order chi connectivity index (χ0) is 24.4. The smallest absolute Gasteiger partial charge is 0.261 e. The number of aromatic nitrogens is 5. The lowest BCUT2D eigenvalue weighted by Gasteiger charge is -2.10. The van der Waals surface area contributed by atoms with Crippen LogP contribution in [0.2, 0.25) is 5.02 Å². The number of aryl methyl sites for hydroxylation is 2. The molecule has 9 nitrogen and oxygen atoms in total. The predicted octanol–water partition coefficient (Wildman–Crippen LogP) is 5.63. The van der Waals surface area contributed by atoms with Crippen LogP contribution in [0.5, 0.6) is 11.6 Å². The van der Waals surface area contributed by atoms with E-state index in [-0.39, 0.29) is 5.91 Å². The largest absolute Gasteiger partial charge is 0.439 e. The predicted molar refractivity (Wildman–Crippen MR) is 130 cm³/mol. The van der Waals surface area contributed by atoms with Gasteiger partial charge in [-0.2, -0.15) is 4.98 Å². The third-order valence-corrected chi connectivity index (χ3v) is 5.45. The monoisotopic (exact) mass is 486 g/mol. The van der Waals surface area contributed by atoms with E-state index in [0.29, 0.717) is 56.6 Å². The maximum absolute atomic E-state index is 13.1. The minimum Gasteiger partial charge on any atom is -0.439 e. The first-order valence-electron chi connectivity index (χ1n) is 10.6. The molecule has 0 bridgehead atoms. The molecule has 2 aromatic carbocycles. The van der Waals surface area contributed by atoms with Crippen LogP contribution in [0.1, 0.15) is 21.9 Å². The number of rotatable bonds is 6. The number of carbonyl (C=O) groups excluding carboxylic acids is 1. The van der Waals surface area contributed by atoms with Crippen LogP contribution in [0, 0.1) is 13.8 Å². The summed E-state index contributed by atoms with van der Waals surface area (Å²) < 4.78 is 13.0. The van der Waals surface area contributed by atoms with Crippen LogP contribution in [-0.4, -0.2) is 30.6 Å². The van der Waals surface area contributed by atoms with Gasteiger partial charge in [-0.1, -0.05) is 35.0 Å². The molecule has 10 heteroatoms. The lowest BCUT2D eigenvalue weighted by Crippen LogP contribution is -2.13. The fraction of sp³-hybridized carbons (Fsp3) is 0.0800. The van der Waals surface area contributed by atoms with Gasteiger partial charge >= 0.3 is 0 Å². The van der Waals surface area contributed by atoms with Crippen molar-refractivity contribution in [3.8, 4) is 28.7 Å². The molecule has 1 amide bonds. The second-order valence-electron chi connectivity index (χ2n) is 7.60. The van der Waals surface area contributed by atoms with Crippen LogP contribution >= 0.6 is 11.6 Å². The number of ether oxygens (including phenoxy) is 1. The maximum Gasteiger partial charge on any atom is 0.261 e. The lowest BCUT2D eigenvalue weighted by atomic mass is 10.1. The van der Waals surface area contributed by atoms with Crippen LogP contribution in [0.25, 0.3) is 17.1 Å². The Morgan fingerprint density at radius 2 is 1.89 bits per heavy atom. The van der Waals surface area contributed by atoms with Crippen molar-refractivity contribution in [1.29, 1.82) is 0 Å². The summed E-state index contributed by atoms with van der Waals surface area (Å²) in [7, 11) is 0. The van der Waals surface area contributed by atoms with Gasteiger partial charge in [0, 0.05) is 29.7 Å². The van der Waals surface area contributed by atoms with E-state index in [1.807, 2.05) is 12.1 Å². The van der Waals surface area contributed by atoms with Gasteiger partial charge in [0.1, 0.15) is 40.7 Å². The SMILES string of the molecule is Cc1nc(Oc2ccc(NC(=O)c3c(-c4ccccc4Cl)noc3C)cc2)cc(-n2ccnc2)n1. The minimum atomic E-state index is -0.358. The molecule has 5 rings (SSSR count). The van der Waals surface area contributed by atoms with Crippen molar-refractivity contribution >= 4 is 23.2 Å². The number of halogens is 1. The highest BCUT2D eigenvalue weighted by molar-refractivity contribution is 6.33. The average molecular weight is 487 g/mol. The summed E-state index contributed by atoms with van der Waals surface area (Å²) in [5.41, 5.74) is 1.90. The number of anilines is 1. The minimum absolute atomic E-state index is 0.321. The van der Waals surface area contributed by atoms with E-state index in [1.54, 1.807) is 79.6 Å². The first-order chi connectivity index (χ1) is 17.0. The van der Waals surface area contributed by atoms with Crippen LogP contribution < -0.4 is 10.1 Å². The van der Waals surface area contributed by atoms with Crippen molar-refractivity contribution in [2.45, 2.75) is 13.8 Å². The quantitative estimate of drug-likeness (QED) is 0.331. The van der Waals surface area contributed by atoms with E-state index in [9.17, 15) is 4.79 Å². The zero-order valence-corrected chi connectivity index (χ0v) is 19.5. The summed E-state index contributed by atoms with van der Waals surface area (Å²) in [4.78, 5) is 25.8. The second-order valence-corrected chi connectivity index (χ2v) is 8.01. The van der Waals surface area contributed by atoms with Gasteiger partial charge in [0.05, 0.1) is 5.02 Å². The van der Waals surface area contributed by atoms with E-state index in [0.717, 1.165) is 0 Å². The Balaban J connectivity index is 1.33. The van der Waals surface area contributed by atoms with Crippen LogP contribution in [0.15, 0.2) is 77.8 Å². The van der Waals surface area contributed by atoms with Gasteiger partial charge in [0.15, 0.2) is 0 Å². The molecule has 5 aromatic rings. The number of nitrogens with zero attached hydrogens (tertiary/aromatic N) is 5. The highest BCUT2D eigenvalue weighted by Crippen LogP contribution is 2.31. The number of hydrogen-bond acceptors (Lipinski definition) is 7. The Bertz CT molecular complexity index is 1500. The summed E-state index contributed by atoms with van der Waals surface area (Å²) in [6, 6.07) is 15.8. The Kier molecular flexibility index (Phi) is 5.99. The van der Waals surface area contributed by atoms with E-state index in [2.05, 4.69) is 25.4 Å². The molecule has 0 unspecified atom stereocenters. The fourth-order valence-electron chi connectivity index (χ4n) is 3.50. The summed E-state index contributed by atoms with van der Waals surface area (Å²) in [6.45, 7) is 3.47. The molecule has 0 aliphatic heterocycles. The fourth-order valence-corrected chi connectivity index (χ4v) is 3.73. The van der Waals surface area contributed by atoms with Crippen molar-refractivity contribution < 1.29 is 14.1 Å². The van der Waals surface area contributed by atoms with Crippen molar-refractivity contribution in [2.75, 3.05) is 5.32 Å². The van der Waals surface area contributed by atoms with Crippen LogP contribution in [-0.2, 0) is 0 Å². The average Bonchev–Trinajstić information content (AvgIpc) is 3.51. The maximum atomic E-state index is 13.1. The molecule has 1 N–H and O–H groups in total. The highest BCUT2D eigenvalue weighted by Gasteiger charge is 2.23. The van der Waals surface area contributed by atoms with E-state index in [1.165, 1.54) is 0 Å². The van der Waals surface area contributed by atoms with Crippen molar-refractivity contribution in [1.82, 2.24) is 24.7 Å². The summed E-state index contributed by atoms with van der Waals surface area (Å²) in [6.07, 6.45) is 5.11. The van der Waals surface area contributed by atoms with E-state index >= 15 is 0 Å². The Labute approximate surface area is 205 Å². The number of benzene rings is 2. The topological polar surface area (TPSA) is 108 Å².